The standard InChI is InChI=1S/C16H21NO2S/c1-5-15(14-7-11-20-16(14)6-1)17-8-3-9-18-12-13-4-2-10-19-13/h2,4,7,10-11,15,17H,1,3,5-6,8-9,12H2. The summed E-state index contributed by atoms with van der Waals surface area (Å²) < 4.78 is 10.8. The summed E-state index contributed by atoms with van der Waals surface area (Å²) in [6, 6.07) is 6.67. The van der Waals surface area contributed by atoms with Gasteiger partial charge < -0.3 is 14.5 Å². The van der Waals surface area contributed by atoms with E-state index in [1.165, 1.54) is 24.8 Å². The second-order valence-corrected chi connectivity index (χ2v) is 6.18. The van der Waals surface area contributed by atoms with Crippen LogP contribution < -0.4 is 5.32 Å². The number of thiophene rings is 1. The highest BCUT2D eigenvalue weighted by Crippen LogP contribution is 2.33. The predicted octanol–water partition coefficient (Wildman–Crippen LogP) is 3.92. The fourth-order valence-electron chi connectivity index (χ4n) is 2.72. The second-order valence-electron chi connectivity index (χ2n) is 5.18. The van der Waals surface area contributed by atoms with Gasteiger partial charge in [0.25, 0.3) is 0 Å². The van der Waals surface area contributed by atoms with Crippen molar-refractivity contribution in [2.24, 2.45) is 0 Å². The van der Waals surface area contributed by atoms with Crippen LogP contribution in [0.1, 0.15) is 41.5 Å². The largest absolute Gasteiger partial charge is 0.467 e. The van der Waals surface area contributed by atoms with Crippen LogP contribution in [-0.4, -0.2) is 13.2 Å². The average molecular weight is 291 g/mol. The number of ether oxygens (including phenoxy) is 1. The summed E-state index contributed by atoms with van der Waals surface area (Å²) in [5.41, 5.74) is 1.53. The van der Waals surface area contributed by atoms with Gasteiger partial charge in [-0.2, -0.15) is 0 Å². The number of fused-ring (bicyclic) bond motifs is 1. The van der Waals surface area contributed by atoms with Crippen LogP contribution in [0.15, 0.2) is 34.3 Å². The third-order valence-corrected chi connectivity index (χ3v) is 4.73. The molecule has 20 heavy (non-hydrogen) atoms. The van der Waals surface area contributed by atoms with E-state index >= 15 is 0 Å². The zero-order valence-electron chi connectivity index (χ0n) is 11.6. The first-order valence-corrected chi connectivity index (χ1v) is 8.21. The summed E-state index contributed by atoms with van der Waals surface area (Å²) >= 11 is 1.90. The minimum atomic E-state index is 0.551. The Morgan fingerprint density at radius 2 is 2.40 bits per heavy atom. The number of furan rings is 1. The van der Waals surface area contributed by atoms with Crippen LogP contribution in [0.25, 0.3) is 0 Å². The maximum Gasteiger partial charge on any atom is 0.129 e. The molecule has 1 N–H and O–H groups in total. The van der Waals surface area contributed by atoms with Crippen LogP contribution in [0, 0.1) is 0 Å². The molecule has 0 spiro atoms. The molecule has 0 saturated heterocycles. The molecule has 0 amide bonds. The Bertz CT molecular complexity index is 506. The zero-order valence-corrected chi connectivity index (χ0v) is 12.5. The Morgan fingerprint density at radius 3 is 3.30 bits per heavy atom. The molecule has 3 rings (SSSR count). The molecule has 3 nitrogen and oxygen atoms in total. The van der Waals surface area contributed by atoms with Crippen LogP contribution >= 0.6 is 11.3 Å². The molecule has 0 saturated carbocycles. The maximum atomic E-state index is 5.59. The van der Waals surface area contributed by atoms with Crippen molar-refractivity contribution in [3.63, 3.8) is 0 Å². The third kappa shape index (κ3) is 3.51. The summed E-state index contributed by atoms with van der Waals surface area (Å²) in [6.07, 6.45) is 6.55. The van der Waals surface area contributed by atoms with Crippen molar-refractivity contribution < 1.29 is 9.15 Å². The van der Waals surface area contributed by atoms with Gasteiger partial charge in [0, 0.05) is 17.5 Å². The second kappa shape index (κ2) is 7.07. The van der Waals surface area contributed by atoms with Crippen LogP contribution in [-0.2, 0) is 17.8 Å². The van der Waals surface area contributed by atoms with Crippen molar-refractivity contribution in [3.8, 4) is 0 Å². The summed E-state index contributed by atoms with van der Waals surface area (Å²) in [5.74, 6) is 0.896. The first-order chi connectivity index (χ1) is 9.93. The van der Waals surface area contributed by atoms with Crippen LogP contribution in [0.3, 0.4) is 0 Å². The van der Waals surface area contributed by atoms with Gasteiger partial charge in [0.2, 0.25) is 0 Å². The minimum Gasteiger partial charge on any atom is -0.467 e. The Morgan fingerprint density at radius 1 is 1.40 bits per heavy atom. The van der Waals surface area contributed by atoms with Gasteiger partial charge in [-0.3, -0.25) is 0 Å². The maximum absolute atomic E-state index is 5.59. The summed E-state index contributed by atoms with van der Waals surface area (Å²) in [4.78, 5) is 1.57. The summed E-state index contributed by atoms with van der Waals surface area (Å²) in [6.45, 7) is 2.36. The monoisotopic (exact) mass is 291 g/mol. The van der Waals surface area contributed by atoms with Gasteiger partial charge >= 0.3 is 0 Å². The van der Waals surface area contributed by atoms with Crippen molar-refractivity contribution in [3.05, 3.63) is 46.0 Å². The van der Waals surface area contributed by atoms with E-state index in [1.54, 1.807) is 11.1 Å². The zero-order chi connectivity index (χ0) is 13.6. The number of nitrogens with one attached hydrogen (secondary N) is 1. The molecule has 1 aliphatic rings. The first kappa shape index (κ1) is 13.9. The highest BCUT2D eigenvalue weighted by Gasteiger charge is 2.20. The van der Waals surface area contributed by atoms with Crippen molar-refractivity contribution >= 4 is 11.3 Å². The Kier molecular flexibility index (Phi) is 4.90. The lowest BCUT2D eigenvalue weighted by Crippen LogP contribution is -2.25. The molecule has 1 aliphatic carbocycles. The van der Waals surface area contributed by atoms with E-state index in [4.69, 9.17) is 9.15 Å². The Labute approximate surface area is 124 Å². The first-order valence-electron chi connectivity index (χ1n) is 7.33. The molecule has 0 aliphatic heterocycles. The van der Waals surface area contributed by atoms with Crippen molar-refractivity contribution in [2.75, 3.05) is 13.2 Å². The molecule has 2 heterocycles. The van der Waals surface area contributed by atoms with E-state index in [2.05, 4.69) is 16.8 Å². The van der Waals surface area contributed by atoms with E-state index in [-0.39, 0.29) is 0 Å². The Hall–Kier alpha value is -1.10. The van der Waals surface area contributed by atoms with Crippen LogP contribution in [0.4, 0.5) is 0 Å². The fourth-order valence-corrected chi connectivity index (χ4v) is 3.70. The van der Waals surface area contributed by atoms with Gasteiger partial charge in [0.05, 0.1) is 6.26 Å². The number of hydrogen-bond donors (Lipinski definition) is 1. The predicted molar refractivity (Wildman–Crippen MR) is 81.0 cm³/mol. The normalized spacial score (nSPS) is 18.1. The highest BCUT2D eigenvalue weighted by molar-refractivity contribution is 7.10. The highest BCUT2D eigenvalue weighted by atomic mass is 32.1. The van der Waals surface area contributed by atoms with E-state index < -0.39 is 0 Å². The van der Waals surface area contributed by atoms with E-state index in [9.17, 15) is 0 Å². The lowest BCUT2D eigenvalue weighted by molar-refractivity contribution is 0.103. The lowest BCUT2D eigenvalue weighted by atomic mass is 9.94. The summed E-state index contributed by atoms with van der Waals surface area (Å²) in [7, 11) is 0. The SMILES string of the molecule is c1coc(COCCCNC2CCCc3sccc32)c1. The van der Waals surface area contributed by atoms with Crippen molar-refractivity contribution in [1.82, 2.24) is 5.32 Å². The van der Waals surface area contributed by atoms with Crippen LogP contribution in [0.2, 0.25) is 0 Å². The van der Waals surface area contributed by atoms with Gasteiger partial charge in [-0.05, 0) is 61.4 Å². The molecular weight excluding hydrogens is 270 g/mol. The lowest BCUT2D eigenvalue weighted by Gasteiger charge is -2.23. The van der Waals surface area contributed by atoms with Crippen molar-refractivity contribution in [1.29, 1.82) is 0 Å². The molecule has 1 unspecified atom stereocenters. The molecule has 108 valence electrons. The quantitative estimate of drug-likeness (QED) is 0.785. The average Bonchev–Trinajstić information content (AvgIpc) is 3.13. The fraction of sp³-hybridized carbons (Fsp3) is 0.500. The molecule has 2 aromatic heterocycles. The van der Waals surface area contributed by atoms with Gasteiger partial charge in [-0.25, -0.2) is 0 Å². The van der Waals surface area contributed by atoms with Gasteiger partial charge in [0.15, 0.2) is 0 Å². The van der Waals surface area contributed by atoms with E-state index in [0.717, 1.165) is 25.3 Å². The molecule has 0 radical (unpaired) electrons. The summed E-state index contributed by atoms with van der Waals surface area (Å²) in [5, 5.41) is 5.88. The minimum absolute atomic E-state index is 0.551. The molecule has 0 fully saturated rings. The molecule has 0 bridgehead atoms. The van der Waals surface area contributed by atoms with Crippen molar-refractivity contribution in [2.45, 2.75) is 38.3 Å². The smallest absolute Gasteiger partial charge is 0.129 e. The van der Waals surface area contributed by atoms with E-state index in [1.807, 2.05) is 23.5 Å². The van der Waals surface area contributed by atoms with E-state index in [0.29, 0.717) is 12.6 Å². The topological polar surface area (TPSA) is 34.4 Å². The third-order valence-electron chi connectivity index (χ3n) is 3.73. The van der Waals surface area contributed by atoms with Gasteiger partial charge in [0.1, 0.15) is 12.4 Å². The number of hydrogen-bond acceptors (Lipinski definition) is 4. The number of aryl methyl sites for hydroxylation is 1. The van der Waals surface area contributed by atoms with Gasteiger partial charge in [-0.15, -0.1) is 11.3 Å². The van der Waals surface area contributed by atoms with Crippen LogP contribution in [0.5, 0.6) is 0 Å². The Balaban J connectivity index is 1.33. The van der Waals surface area contributed by atoms with Gasteiger partial charge in [-0.1, -0.05) is 0 Å². The molecular formula is C16H21NO2S. The molecule has 4 heteroatoms. The molecule has 0 aromatic carbocycles. The molecule has 2 aromatic rings. The molecule has 1 atom stereocenters. The number of rotatable bonds is 7.